The van der Waals surface area contributed by atoms with Crippen LogP contribution in [0.25, 0.3) is 0 Å². The molecule has 1 spiro atoms. The van der Waals surface area contributed by atoms with E-state index in [4.69, 9.17) is 56.8 Å². The highest BCUT2D eigenvalue weighted by molar-refractivity contribution is 5.77. The van der Waals surface area contributed by atoms with Crippen LogP contribution >= 0.6 is 0 Å². The lowest BCUT2D eigenvalue weighted by molar-refractivity contribution is -0.398. The first-order valence-corrected chi connectivity index (χ1v) is 30.1. The molecule has 14 unspecified atom stereocenters. The maximum atomic E-state index is 15.4. The molecule has 0 aromatic carbocycles. The highest BCUT2D eigenvalue weighted by Crippen LogP contribution is 2.74. The van der Waals surface area contributed by atoms with Gasteiger partial charge in [0.15, 0.2) is 37.6 Å². The Balaban J connectivity index is 0.916. The van der Waals surface area contributed by atoms with Gasteiger partial charge in [-0.3, -0.25) is 4.79 Å². The van der Waals surface area contributed by atoms with Crippen LogP contribution < -0.4 is 0 Å². The van der Waals surface area contributed by atoms with Crippen LogP contribution in [-0.4, -0.2) is 314 Å². The third-order valence-electron chi connectivity index (χ3n) is 21.2. The summed E-state index contributed by atoms with van der Waals surface area (Å²) in [5.74, 6) is -1.30. The minimum atomic E-state index is -2.02. The van der Waals surface area contributed by atoms with Crippen LogP contribution in [0.3, 0.4) is 0 Å². The summed E-state index contributed by atoms with van der Waals surface area (Å²) in [6.45, 7) is 7.81. The molecule has 10 aliphatic rings. The molecule has 4 aliphatic carbocycles. The van der Waals surface area contributed by atoms with Gasteiger partial charge in [0.25, 0.3) is 0 Å². The van der Waals surface area contributed by atoms with Crippen LogP contribution in [0.5, 0.6) is 0 Å². The lowest BCUT2D eigenvalue weighted by Gasteiger charge is -2.64. The first-order valence-electron chi connectivity index (χ1n) is 30.1. The monoisotopic (exact) mass is 1260 g/mol. The van der Waals surface area contributed by atoms with Gasteiger partial charge >= 0.3 is 5.97 Å². The zero-order chi connectivity index (χ0) is 63.3. The van der Waals surface area contributed by atoms with Crippen molar-refractivity contribution in [3.05, 3.63) is 12.2 Å². The molecule has 31 heteroatoms. The predicted octanol–water partition coefficient (Wildman–Crippen LogP) is -7.41. The molecule has 0 aromatic heterocycles. The standard InChI is InChI=1S/C56H90O31/c1-19-13-55-11-7-26-53(4,9-6-10-54(26,5)52(75)86-50-44(84-46-38(71)34(67)28(61)20(2)76-46)42(32(65)24(16-59)80-50)82-48-40(73)36(69)30(63)22(14-57)78-48)27(55)8-12-56(19,18-55)87-51-45(85-47-39(72)35(68)29(62)21(3)77-47)43(33(66)25(17-60)81-51)83-49-41(74)37(70)31(64)23(15-58)79-49/h20-51,57-74H,1,6-18H2,2-5H3/t20?,21?,22?,23?,24?,25?,26?,27-,28-,29-,30+,31+,32+,33+,34-,35-,36-,37-,38?,39?,40?,41?,42-,43-,44?,45?,46-,47-,48-,49-,50-,51-,53+,54+,55+,56?/m0/s1. The minimum absolute atomic E-state index is 0.109. The number of aliphatic hydroxyl groups excluding tert-OH is 18. The highest BCUT2D eigenvalue weighted by Gasteiger charge is 2.70. The Hall–Kier alpha value is -1.95. The van der Waals surface area contributed by atoms with Crippen LogP contribution in [-0.2, 0) is 61.6 Å². The molecule has 10 fully saturated rings. The van der Waals surface area contributed by atoms with Gasteiger partial charge in [-0.2, -0.15) is 0 Å². The van der Waals surface area contributed by atoms with E-state index in [2.05, 4.69) is 13.5 Å². The summed E-state index contributed by atoms with van der Waals surface area (Å²) in [5, 5.41) is 194. The molecule has 500 valence electrons. The number of esters is 1. The van der Waals surface area contributed by atoms with Gasteiger partial charge in [0, 0.05) is 0 Å². The molecule has 6 heterocycles. The second kappa shape index (κ2) is 26.1. The average Bonchev–Trinajstić information content (AvgIpc) is 1.84. The van der Waals surface area contributed by atoms with Crippen molar-refractivity contribution in [3.8, 4) is 0 Å². The van der Waals surface area contributed by atoms with E-state index in [0.29, 0.717) is 63.4 Å². The Morgan fingerprint density at radius 1 is 0.460 bits per heavy atom. The zero-order valence-electron chi connectivity index (χ0n) is 48.7. The molecule has 31 nitrogen and oxygen atoms in total. The number of carbonyl (C=O) groups is 1. The molecule has 6 saturated heterocycles. The number of carbonyl (C=O) groups excluding carboxylic acids is 1. The lowest BCUT2D eigenvalue weighted by atomic mass is 9.41. The van der Waals surface area contributed by atoms with Crippen molar-refractivity contribution in [1.82, 2.24) is 0 Å². The van der Waals surface area contributed by atoms with Crippen molar-refractivity contribution < 1.29 is 154 Å². The van der Waals surface area contributed by atoms with Gasteiger partial charge in [-0.25, -0.2) is 0 Å². The SMILES string of the molecule is C=C1C[C@@]23CCC4[C@](C)(C(=O)O[C@@H]5OC(CO)[C@@H](O)[C@H](O[C@@H]6OC(CO)[C@@H](O)[C@H](O)C6O)C5O[C@@H]5OC(C)[C@H](O)[C@H](O)C5O)CCC[C@@]4(C)[C@@H]2CCC1(O[C@@H]1OC(CO)[C@@H](O)[C@H](O[C@@H]2OC(CO)[C@@H](O)[C@H](O)C2O)C1O[C@@H]1OC(C)[C@H](O)[C@H](O)C1O)C3. The van der Waals surface area contributed by atoms with Crippen molar-refractivity contribution in [2.24, 2.45) is 28.1 Å². The molecule has 10 rings (SSSR count). The quantitative estimate of drug-likeness (QED) is 0.0388. The Morgan fingerprint density at radius 3 is 1.32 bits per heavy atom. The van der Waals surface area contributed by atoms with E-state index < -0.39 is 244 Å². The van der Waals surface area contributed by atoms with E-state index in [1.165, 1.54) is 13.8 Å². The molecular formula is C56H90O31. The summed E-state index contributed by atoms with van der Waals surface area (Å²) < 4.78 is 73.4. The van der Waals surface area contributed by atoms with E-state index in [1.807, 2.05) is 0 Å². The van der Waals surface area contributed by atoms with Crippen molar-refractivity contribution in [2.75, 3.05) is 26.4 Å². The first kappa shape index (κ1) is 67.9. The second-order valence-corrected chi connectivity index (χ2v) is 26.4. The van der Waals surface area contributed by atoms with E-state index in [1.54, 1.807) is 6.92 Å². The molecule has 87 heavy (non-hydrogen) atoms. The Labute approximate surface area is 500 Å². The maximum absolute atomic E-state index is 15.4. The maximum Gasteiger partial charge on any atom is 0.314 e. The van der Waals surface area contributed by atoms with Gasteiger partial charge in [0.1, 0.15) is 128 Å². The molecule has 6 aliphatic heterocycles. The molecule has 0 radical (unpaired) electrons. The molecule has 0 aromatic rings. The number of aliphatic hydroxyl groups is 18. The zero-order valence-corrected chi connectivity index (χ0v) is 48.7. The van der Waals surface area contributed by atoms with E-state index >= 15 is 4.79 Å². The lowest BCUT2D eigenvalue weighted by Crippen LogP contribution is -2.68. The second-order valence-electron chi connectivity index (χ2n) is 26.4. The fourth-order valence-corrected chi connectivity index (χ4v) is 16.3. The van der Waals surface area contributed by atoms with Crippen LogP contribution in [0.4, 0.5) is 0 Å². The predicted molar refractivity (Wildman–Crippen MR) is 281 cm³/mol. The number of ether oxygens (including phenoxy) is 12. The van der Waals surface area contributed by atoms with Gasteiger partial charge in [0.2, 0.25) is 6.29 Å². The van der Waals surface area contributed by atoms with Gasteiger partial charge in [-0.15, -0.1) is 0 Å². The summed E-state index contributed by atoms with van der Waals surface area (Å²) in [5.41, 5.74) is -2.99. The van der Waals surface area contributed by atoms with Crippen LogP contribution in [0.1, 0.15) is 85.5 Å². The summed E-state index contributed by atoms with van der Waals surface area (Å²) in [7, 11) is 0. The molecular weight excluding hydrogens is 1170 g/mol. The first-order chi connectivity index (χ1) is 41.0. The molecule has 36 atom stereocenters. The third-order valence-corrected chi connectivity index (χ3v) is 21.2. The van der Waals surface area contributed by atoms with E-state index in [0.717, 1.165) is 0 Å². The summed E-state index contributed by atoms with van der Waals surface area (Å²) in [6, 6.07) is 0. The van der Waals surface area contributed by atoms with Crippen molar-refractivity contribution >= 4 is 5.97 Å². The van der Waals surface area contributed by atoms with Gasteiger partial charge in [-0.1, -0.05) is 19.9 Å². The van der Waals surface area contributed by atoms with Crippen LogP contribution in [0.15, 0.2) is 12.2 Å². The van der Waals surface area contributed by atoms with Gasteiger partial charge in [0.05, 0.1) is 49.7 Å². The van der Waals surface area contributed by atoms with Gasteiger partial charge in [-0.05, 0) is 100 Å². The largest absolute Gasteiger partial charge is 0.432 e. The van der Waals surface area contributed by atoms with Crippen molar-refractivity contribution in [1.29, 1.82) is 0 Å². The summed E-state index contributed by atoms with van der Waals surface area (Å²) in [4.78, 5) is 15.4. The third kappa shape index (κ3) is 11.9. The molecule has 0 amide bonds. The Kier molecular flexibility index (Phi) is 20.4. The fourth-order valence-electron chi connectivity index (χ4n) is 16.3. The number of fused-ring (bicyclic) bond motifs is 3. The average molecular weight is 1260 g/mol. The van der Waals surface area contributed by atoms with Gasteiger partial charge < -0.3 is 149 Å². The molecule has 18 N–H and O–H groups in total. The minimum Gasteiger partial charge on any atom is -0.432 e. The van der Waals surface area contributed by atoms with Crippen LogP contribution in [0, 0.1) is 28.1 Å². The Morgan fingerprint density at radius 2 is 0.851 bits per heavy atom. The van der Waals surface area contributed by atoms with Crippen LogP contribution in [0.2, 0.25) is 0 Å². The number of hydrogen-bond acceptors (Lipinski definition) is 31. The van der Waals surface area contributed by atoms with Crippen molar-refractivity contribution in [3.63, 3.8) is 0 Å². The normalized spacial score (nSPS) is 55.4. The van der Waals surface area contributed by atoms with E-state index in [-0.39, 0.29) is 5.92 Å². The smallest absolute Gasteiger partial charge is 0.314 e. The summed E-state index contributed by atoms with van der Waals surface area (Å²) >= 11 is 0. The van der Waals surface area contributed by atoms with E-state index in [9.17, 15) is 91.9 Å². The summed E-state index contributed by atoms with van der Waals surface area (Å²) in [6.07, 6.45) is -48.3. The number of hydrogen-bond donors (Lipinski definition) is 18. The topological polar surface area (TPSA) is 492 Å². The molecule has 2 bridgehead atoms. The highest BCUT2D eigenvalue weighted by atomic mass is 16.8. The number of rotatable bonds is 16. The Bertz CT molecular complexity index is 2360. The van der Waals surface area contributed by atoms with Crippen molar-refractivity contribution in [2.45, 2.75) is 275 Å². The molecule has 4 saturated carbocycles. The fraction of sp³-hybridized carbons (Fsp3) is 0.946.